The first kappa shape index (κ1) is 10.2. The molecule has 0 saturated heterocycles. The summed E-state index contributed by atoms with van der Waals surface area (Å²) in [6.07, 6.45) is 3.15. The van der Waals surface area contributed by atoms with Crippen molar-refractivity contribution in [3.8, 4) is 11.5 Å². The van der Waals surface area contributed by atoms with Gasteiger partial charge < -0.3 is 14.2 Å². The van der Waals surface area contributed by atoms with E-state index in [4.69, 9.17) is 8.83 Å². The first-order valence-electron chi connectivity index (χ1n) is 5.81. The fraction of sp³-hybridized carbons (Fsp3) is 0.0769. The zero-order valence-electron chi connectivity index (χ0n) is 9.71. The average molecular weight is 255 g/mol. The topological polar surface area (TPSA) is 84.1 Å². The number of furan rings is 2. The second-order valence-electron chi connectivity index (χ2n) is 4.26. The Labute approximate surface area is 107 Å². The molecule has 1 unspecified atom stereocenters. The summed E-state index contributed by atoms with van der Waals surface area (Å²) < 4.78 is 10.7. The summed E-state index contributed by atoms with van der Waals surface area (Å²) in [5.41, 5.74) is 1.84. The van der Waals surface area contributed by atoms with Crippen molar-refractivity contribution in [3.63, 3.8) is 0 Å². The van der Waals surface area contributed by atoms with E-state index in [1.54, 1.807) is 24.7 Å². The lowest BCUT2D eigenvalue weighted by atomic mass is 10.0. The van der Waals surface area contributed by atoms with Crippen molar-refractivity contribution in [3.05, 3.63) is 53.8 Å². The molecule has 3 aromatic rings. The lowest BCUT2D eigenvalue weighted by molar-refractivity contribution is 0.0953. The molecule has 1 aliphatic heterocycles. The number of aromatic amines is 1. The Balaban J connectivity index is 1.91. The average Bonchev–Trinajstić information content (AvgIpc) is 3.16. The Morgan fingerprint density at radius 1 is 1.16 bits per heavy atom. The maximum absolute atomic E-state index is 11.9. The fourth-order valence-corrected chi connectivity index (χ4v) is 2.35. The van der Waals surface area contributed by atoms with Gasteiger partial charge in [0, 0.05) is 5.56 Å². The Hall–Kier alpha value is -2.76. The van der Waals surface area contributed by atoms with Crippen LogP contribution in [0, 0.1) is 0 Å². The van der Waals surface area contributed by atoms with E-state index in [-0.39, 0.29) is 11.9 Å². The predicted molar refractivity (Wildman–Crippen MR) is 64.3 cm³/mol. The van der Waals surface area contributed by atoms with Gasteiger partial charge in [0.2, 0.25) is 0 Å². The summed E-state index contributed by atoms with van der Waals surface area (Å²) in [7, 11) is 0. The van der Waals surface area contributed by atoms with Crippen molar-refractivity contribution in [1.29, 1.82) is 0 Å². The van der Waals surface area contributed by atoms with Gasteiger partial charge in [0.1, 0.15) is 17.5 Å². The minimum Gasteiger partial charge on any atom is -0.467 e. The van der Waals surface area contributed by atoms with Crippen LogP contribution in [0.5, 0.6) is 0 Å². The van der Waals surface area contributed by atoms with E-state index in [2.05, 4.69) is 15.5 Å². The van der Waals surface area contributed by atoms with Gasteiger partial charge in [-0.05, 0) is 24.3 Å². The quantitative estimate of drug-likeness (QED) is 0.734. The summed E-state index contributed by atoms with van der Waals surface area (Å²) >= 11 is 0. The number of carbonyl (C=O) groups excluding carboxylic acids is 1. The highest BCUT2D eigenvalue weighted by molar-refractivity contribution is 5.99. The normalized spacial score (nSPS) is 17.5. The number of amides is 1. The van der Waals surface area contributed by atoms with Crippen LogP contribution in [0.4, 0.5) is 0 Å². The van der Waals surface area contributed by atoms with Crippen LogP contribution in [-0.4, -0.2) is 16.1 Å². The third-order valence-electron chi connectivity index (χ3n) is 3.18. The number of H-pyrrole nitrogens is 1. The first-order valence-corrected chi connectivity index (χ1v) is 5.81. The Morgan fingerprint density at radius 2 is 2.00 bits per heavy atom. The molecule has 6 nitrogen and oxygen atoms in total. The number of hydrogen-bond donors (Lipinski definition) is 2. The minimum absolute atomic E-state index is 0.217. The predicted octanol–water partition coefficient (Wildman–Crippen LogP) is 2.10. The third kappa shape index (κ3) is 1.36. The molecule has 4 heterocycles. The maximum Gasteiger partial charge on any atom is 0.273 e. The first-order chi connectivity index (χ1) is 9.34. The summed E-state index contributed by atoms with van der Waals surface area (Å²) in [5, 5.41) is 9.76. The van der Waals surface area contributed by atoms with E-state index >= 15 is 0 Å². The number of hydrogen-bond acceptors (Lipinski definition) is 4. The minimum atomic E-state index is -0.337. The lowest BCUT2D eigenvalue weighted by Gasteiger charge is -2.08. The van der Waals surface area contributed by atoms with Crippen LogP contribution in [-0.2, 0) is 0 Å². The van der Waals surface area contributed by atoms with Crippen LogP contribution < -0.4 is 5.32 Å². The Kier molecular flexibility index (Phi) is 1.94. The monoisotopic (exact) mass is 255 g/mol. The molecule has 0 fully saturated rings. The summed E-state index contributed by atoms with van der Waals surface area (Å²) in [6, 6.07) is 6.87. The maximum atomic E-state index is 11.9. The highest BCUT2D eigenvalue weighted by Gasteiger charge is 2.37. The SMILES string of the molecule is O=C1NC(c2ccco2)c2c1n[nH]c2-c1ccco1. The van der Waals surface area contributed by atoms with Crippen molar-refractivity contribution in [1.82, 2.24) is 15.5 Å². The van der Waals surface area contributed by atoms with Gasteiger partial charge in [0.05, 0.1) is 12.5 Å². The number of aromatic nitrogens is 2. The summed E-state index contributed by atoms with van der Waals surface area (Å²) in [6.45, 7) is 0. The molecule has 3 aromatic heterocycles. The van der Waals surface area contributed by atoms with Crippen LogP contribution in [0.1, 0.15) is 27.9 Å². The van der Waals surface area contributed by atoms with Gasteiger partial charge in [-0.25, -0.2) is 0 Å². The summed E-state index contributed by atoms with van der Waals surface area (Å²) in [5.74, 6) is 1.09. The molecule has 6 heteroatoms. The van der Waals surface area contributed by atoms with Crippen LogP contribution >= 0.6 is 0 Å². The molecule has 4 rings (SSSR count). The molecule has 2 N–H and O–H groups in total. The molecule has 0 saturated carbocycles. The van der Waals surface area contributed by atoms with E-state index in [0.29, 0.717) is 22.9 Å². The fourth-order valence-electron chi connectivity index (χ4n) is 2.35. The molecule has 19 heavy (non-hydrogen) atoms. The molecule has 0 aliphatic carbocycles. The summed E-state index contributed by atoms with van der Waals surface area (Å²) in [4.78, 5) is 11.9. The van der Waals surface area contributed by atoms with Gasteiger partial charge >= 0.3 is 0 Å². The Bertz CT molecular complexity index is 725. The van der Waals surface area contributed by atoms with Crippen molar-refractivity contribution < 1.29 is 13.6 Å². The van der Waals surface area contributed by atoms with Gasteiger partial charge in [0.15, 0.2) is 11.5 Å². The molecule has 1 amide bonds. The van der Waals surface area contributed by atoms with Crippen molar-refractivity contribution in [2.24, 2.45) is 0 Å². The molecule has 0 bridgehead atoms. The molecule has 94 valence electrons. The molecule has 1 atom stereocenters. The molecule has 1 aliphatic rings. The van der Waals surface area contributed by atoms with Gasteiger partial charge in [-0.1, -0.05) is 0 Å². The van der Waals surface area contributed by atoms with E-state index in [1.165, 1.54) is 0 Å². The zero-order chi connectivity index (χ0) is 12.8. The molecule has 0 radical (unpaired) electrons. The van der Waals surface area contributed by atoms with E-state index in [9.17, 15) is 4.79 Å². The van der Waals surface area contributed by atoms with Crippen LogP contribution in [0.15, 0.2) is 45.6 Å². The highest BCUT2D eigenvalue weighted by Crippen LogP contribution is 2.37. The molecular weight excluding hydrogens is 246 g/mol. The second-order valence-corrected chi connectivity index (χ2v) is 4.26. The number of nitrogens with zero attached hydrogens (tertiary/aromatic N) is 1. The number of rotatable bonds is 2. The molecular formula is C13H9N3O3. The second kappa shape index (κ2) is 3.61. The van der Waals surface area contributed by atoms with Crippen LogP contribution in [0.3, 0.4) is 0 Å². The number of fused-ring (bicyclic) bond motifs is 1. The number of carbonyl (C=O) groups is 1. The van der Waals surface area contributed by atoms with Crippen molar-refractivity contribution in [2.45, 2.75) is 6.04 Å². The molecule has 0 aromatic carbocycles. The molecule has 0 spiro atoms. The van der Waals surface area contributed by atoms with Crippen molar-refractivity contribution >= 4 is 5.91 Å². The number of nitrogens with one attached hydrogen (secondary N) is 2. The van der Waals surface area contributed by atoms with E-state index in [1.807, 2.05) is 12.1 Å². The highest BCUT2D eigenvalue weighted by atomic mass is 16.3. The van der Waals surface area contributed by atoms with Gasteiger partial charge in [-0.15, -0.1) is 0 Å². The lowest BCUT2D eigenvalue weighted by Crippen LogP contribution is -2.20. The van der Waals surface area contributed by atoms with Gasteiger partial charge in [0.25, 0.3) is 5.91 Å². The van der Waals surface area contributed by atoms with Crippen LogP contribution in [0.25, 0.3) is 11.5 Å². The van der Waals surface area contributed by atoms with E-state index in [0.717, 1.165) is 5.56 Å². The Morgan fingerprint density at radius 3 is 2.74 bits per heavy atom. The third-order valence-corrected chi connectivity index (χ3v) is 3.18. The smallest absolute Gasteiger partial charge is 0.273 e. The zero-order valence-corrected chi connectivity index (χ0v) is 9.71. The van der Waals surface area contributed by atoms with E-state index < -0.39 is 0 Å². The van der Waals surface area contributed by atoms with Crippen LogP contribution in [0.2, 0.25) is 0 Å². The largest absolute Gasteiger partial charge is 0.467 e. The standard InChI is InChI=1S/C13H9N3O3/c17-13-12-9(10(14-13)7-3-1-5-18-7)11(15-16-12)8-4-2-6-19-8/h1-6,10H,(H,14,17)(H,15,16). The van der Waals surface area contributed by atoms with Gasteiger partial charge in [-0.3, -0.25) is 9.89 Å². The van der Waals surface area contributed by atoms with Gasteiger partial charge in [-0.2, -0.15) is 5.10 Å². The van der Waals surface area contributed by atoms with Crippen molar-refractivity contribution in [2.75, 3.05) is 0 Å².